The van der Waals surface area contributed by atoms with Crippen LogP contribution < -0.4 is 0 Å². The first-order valence-corrected chi connectivity index (χ1v) is 26.0. The van der Waals surface area contributed by atoms with Gasteiger partial charge in [-0.15, -0.1) is 0 Å². The van der Waals surface area contributed by atoms with Crippen molar-refractivity contribution in [2.45, 2.75) is 218 Å². The van der Waals surface area contributed by atoms with E-state index in [4.69, 9.17) is 28.9 Å². The van der Waals surface area contributed by atoms with E-state index in [9.17, 15) is 19.8 Å². The molecule has 6 saturated carbocycles. The highest BCUT2D eigenvalue weighted by Gasteiger charge is 2.80. The molecule has 0 radical (unpaired) electrons. The minimum Gasteiger partial charge on any atom is -0.389 e. The van der Waals surface area contributed by atoms with Crippen molar-refractivity contribution < 1.29 is 38.7 Å². The van der Waals surface area contributed by atoms with E-state index in [-0.39, 0.29) is 93.1 Å². The lowest BCUT2D eigenvalue weighted by Crippen LogP contribution is -2.57. The van der Waals surface area contributed by atoms with Gasteiger partial charge in [0.2, 0.25) is 0 Å². The molecule has 0 unspecified atom stereocenters. The summed E-state index contributed by atoms with van der Waals surface area (Å²) in [6, 6.07) is 0. The van der Waals surface area contributed by atoms with Gasteiger partial charge in [-0.3, -0.25) is 19.6 Å². The Morgan fingerprint density at radius 2 is 0.906 bits per heavy atom. The molecule has 20 atom stereocenters. The molecular weight excluding hydrogens is 805 g/mol. The van der Waals surface area contributed by atoms with E-state index in [2.05, 4.69) is 55.4 Å². The van der Waals surface area contributed by atoms with Crippen molar-refractivity contribution in [3.63, 3.8) is 0 Å². The Labute approximate surface area is 380 Å². The fraction of sp³-hybridized carbons (Fsp3) is 0.889. The fourth-order valence-electron chi connectivity index (χ4n) is 20.5. The van der Waals surface area contributed by atoms with Gasteiger partial charge in [0.15, 0.2) is 11.6 Å². The summed E-state index contributed by atoms with van der Waals surface area (Å²) in [4.78, 5) is 40.8. The summed E-state index contributed by atoms with van der Waals surface area (Å²) < 4.78 is 27.1. The molecule has 5 heterocycles. The van der Waals surface area contributed by atoms with Crippen molar-refractivity contribution in [1.82, 2.24) is 9.97 Å². The van der Waals surface area contributed by atoms with E-state index in [1.165, 1.54) is 0 Å². The minimum atomic E-state index is -1.17. The molecule has 10 heteroatoms. The van der Waals surface area contributed by atoms with E-state index < -0.39 is 33.6 Å². The van der Waals surface area contributed by atoms with Crippen LogP contribution in [0.1, 0.15) is 169 Å². The third-order valence-electron chi connectivity index (χ3n) is 23.6. The predicted octanol–water partition coefficient (Wildman–Crippen LogP) is 8.07. The van der Waals surface area contributed by atoms with Gasteiger partial charge in [0.05, 0.1) is 68.2 Å². The van der Waals surface area contributed by atoms with Crippen LogP contribution in [0.3, 0.4) is 0 Å². The molecule has 4 aliphatic heterocycles. The van der Waals surface area contributed by atoms with E-state index in [1.807, 2.05) is 13.8 Å². The van der Waals surface area contributed by atoms with Crippen LogP contribution in [0, 0.1) is 80.8 Å². The molecule has 12 aliphatic rings. The lowest BCUT2D eigenvalue weighted by molar-refractivity contribution is -0.257. The Bertz CT molecular complexity index is 2120. The molecular formula is C54H76N2O8. The van der Waals surface area contributed by atoms with Gasteiger partial charge >= 0.3 is 0 Å². The van der Waals surface area contributed by atoms with Gasteiger partial charge < -0.3 is 29.2 Å². The zero-order chi connectivity index (χ0) is 44.9. The summed E-state index contributed by atoms with van der Waals surface area (Å²) >= 11 is 0. The summed E-state index contributed by atoms with van der Waals surface area (Å²) in [5.74, 6) is 0.328. The van der Waals surface area contributed by atoms with Crippen LogP contribution in [0.5, 0.6) is 0 Å². The topological polar surface area (TPSA) is 137 Å². The van der Waals surface area contributed by atoms with Crippen molar-refractivity contribution in [2.24, 2.45) is 80.8 Å². The number of ketones is 2. The Hall–Kier alpha value is -1.82. The highest BCUT2D eigenvalue weighted by molar-refractivity contribution is 5.91. The van der Waals surface area contributed by atoms with Crippen molar-refractivity contribution in [1.29, 1.82) is 0 Å². The van der Waals surface area contributed by atoms with Gasteiger partial charge in [-0.1, -0.05) is 27.7 Å². The van der Waals surface area contributed by atoms with Gasteiger partial charge in [0.1, 0.15) is 11.6 Å². The average Bonchev–Trinajstić information content (AvgIpc) is 4.05. The van der Waals surface area contributed by atoms with E-state index in [0.29, 0.717) is 37.5 Å². The molecule has 10 fully saturated rings. The molecule has 2 N–H and O–H groups in total. The molecule has 1 aromatic heterocycles. The molecule has 64 heavy (non-hydrogen) atoms. The number of carbonyl (C=O) groups is 2. The Morgan fingerprint density at radius 1 is 0.516 bits per heavy atom. The molecule has 4 saturated heterocycles. The van der Waals surface area contributed by atoms with Crippen LogP contribution in [0.2, 0.25) is 0 Å². The maximum Gasteiger partial charge on any atom is 0.172 e. The molecule has 13 rings (SSSR count). The van der Waals surface area contributed by atoms with Gasteiger partial charge in [-0.05, 0) is 165 Å². The van der Waals surface area contributed by atoms with Crippen LogP contribution in [-0.2, 0) is 54.2 Å². The number of hydrogen-bond donors (Lipinski definition) is 2. The Morgan fingerprint density at radius 3 is 1.25 bits per heavy atom. The largest absolute Gasteiger partial charge is 0.389 e. The lowest BCUT2D eigenvalue weighted by Gasteiger charge is -2.56. The van der Waals surface area contributed by atoms with Crippen molar-refractivity contribution in [3.8, 4) is 0 Å². The molecule has 0 bridgehead atoms. The SMILES string of the molecule is C[C@H]1[C@H]2[C@H](C[C@]3(C(=O)C[C@H]4[C@H]3CC[C@H]3Cc5nc6c(nc5C[C@@]34C)C[C@@H]3CC[C@@H]4[C@H](CC(=O)[C@]45C[C@@H]4O[C@]7(CCC(C)(C)O7)[C@@H](C)[C@@H]4[C@]5(C)O)[C@@]3(C)C6)[C@@]2(C)O)O[C@]12CCC(C)(C)O2. The van der Waals surface area contributed by atoms with Crippen molar-refractivity contribution >= 4 is 11.6 Å². The first-order valence-electron chi connectivity index (χ1n) is 26.0. The fourth-order valence-corrected chi connectivity index (χ4v) is 20.5. The number of aliphatic hydroxyl groups is 2. The molecule has 0 amide bonds. The molecule has 4 spiro atoms. The van der Waals surface area contributed by atoms with Gasteiger partial charge in [-0.25, -0.2) is 0 Å². The van der Waals surface area contributed by atoms with Gasteiger partial charge in [0, 0.05) is 49.4 Å². The average molecular weight is 881 g/mol. The molecule has 1 aromatic rings. The van der Waals surface area contributed by atoms with Crippen molar-refractivity contribution in [2.75, 3.05) is 0 Å². The first-order chi connectivity index (χ1) is 29.9. The second-order valence-electron chi connectivity index (χ2n) is 26.9. The number of Topliss-reactive ketones (excluding diaryl/α,β-unsaturated/α-hetero) is 2. The molecule has 10 nitrogen and oxygen atoms in total. The maximum absolute atomic E-state index is 14.8. The zero-order valence-electron chi connectivity index (χ0n) is 40.5. The second-order valence-corrected chi connectivity index (χ2v) is 26.9. The van der Waals surface area contributed by atoms with E-state index in [1.54, 1.807) is 0 Å². The molecule has 8 aliphatic carbocycles. The summed E-state index contributed by atoms with van der Waals surface area (Å²) in [6.07, 6.45) is 12.8. The van der Waals surface area contributed by atoms with E-state index >= 15 is 0 Å². The number of aromatic nitrogens is 2. The lowest BCUT2D eigenvalue weighted by atomic mass is 9.49. The third kappa shape index (κ3) is 4.77. The third-order valence-corrected chi connectivity index (χ3v) is 23.6. The standard InChI is InChI=1S/C54H76N2O8/c1-27-43-39(61-53(27)17-15-45(3,4)63-53)25-51(49(43,9)59)31-13-11-29-19-35-37(23-47(29,7)33(31)21-41(51)57)55-36-20-30-12-14-32-34(48(30,8)24-38(36)56-35)22-42(58)52(32)26-40-44(50(52,10)60)28(2)54(62-40)18-16-46(5,6)64-54/h27-34,39-40,43-44,59-60H,11-26H2,1-10H3/t27-,28-,29-,30-,31+,32+,33-,34-,39-,40-,43-,44-,47-,48-,49-,50-,51-,52-,53-,54-/m0/s1. The predicted molar refractivity (Wildman–Crippen MR) is 236 cm³/mol. The normalized spacial score (nSPS) is 57.9. The number of hydrogen-bond acceptors (Lipinski definition) is 10. The van der Waals surface area contributed by atoms with E-state index in [0.717, 1.165) is 99.8 Å². The minimum absolute atomic E-state index is 0.00560. The molecule has 0 aromatic carbocycles. The van der Waals surface area contributed by atoms with Crippen LogP contribution in [0.4, 0.5) is 0 Å². The van der Waals surface area contributed by atoms with Crippen molar-refractivity contribution in [3.05, 3.63) is 22.8 Å². The number of nitrogens with zero attached hydrogens (tertiary/aromatic N) is 2. The van der Waals surface area contributed by atoms with Crippen LogP contribution in [0.15, 0.2) is 0 Å². The monoisotopic (exact) mass is 881 g/mol. The quantitative estimate of drug-likeness (QED) is 0.263. The smallest absolute Gasteiger partial charge is 0.172 e. The summed E-state index contributed by atoms with van der Waals surface area (Å²) in [5.41, 5.74) is -0.0891. The van der Waals surface area contributed by atoms with Crippen LogP contribution >= 0.6 is 0 Å². The Kier molecular flexibility index (Phi) is 8.13. The van der Waals surface area contributed by atoms with Gasteiger partial charge in [-0.2, -0.15) is 0 Å². The number of rotatable bonds is 0. The summed E-state index contributed by atoms with van der Waals surface area (Å²) in [6.45, 7) is 21.8. The maximum atomic E-state index is 14.8. The first kappa shape index (κ1) is 42.3. The highest BCUT2D eigenvalue weighted by Crippen LogP contribution is 2.75. The zero-order valence-corrected chi connectivity index (χ0v) is 40.5. The number of carbonyl (C=O) groups excluding carboxylic acids is 2. The number of ether oxygens (including phenoxy) is 4. The highest BCUT2D eigenvalue weighted by atomic mass is 16.7. The van der Waals surface area contributed by atoms with Crippen LogP contribution in [0.25, 0.3) is 0 Å². The summed E-state index contributed by atoms with van der Waals surface area (Å²) in [5, 5.41) is 25.8. The summed E-state index contributed by atoms with van der Waals surface area (Å²) in [7, 11) is 0. The molecule has 350 valence electrons. The second kappa shape index (κ2) is 12.3. The van der Waals surface area contributed by atoms with Crippen LogP contribution in [-0.4, -0.2) is 77.9 Å². The Balaban J connectivity index is 0.762. The number of fused-ring (bicyclic) bond motifs is 12. The van der Waals surface area contributed by atoms with Gasteiger partial charge in [0.25, 0.3) is 0 Å².